The minimum Gasteiger partial charge on any atom is -0.366 e. The van der Waals surface area contributed by atoms with Crippen LogP contribution in [0.1, 0.15) is 41.3 Å². The molecule has 4 heterocycles. The highest BCUT2D eigenvalue weighted by Crippen LogP contribution is 2.57. The molecular weight excluding hydrogens is 364 g/mol. The van der Waals surface area contributed by atoms with Crippen molar-refractivity contribution in [1.29, 1.82) is 0 Å². The summed E-state index contributed by atoms with van der Waals surface area (Å²) in [5.41, 5.74) is 13.1. The van der Waals surface area contributed by atoms with Gasteiger partial charge < -0.3 is 10.3 Å². The Hall–Kier alpha value is -3.06. The smallest absolute Gasteiger partial charge is 0.248 e. The first-order chi connectivity index (χ1) is 14.0. The topological polar surface area (TPSA) is 79.4 Å². The fraction of sp³-hybridized carbons (Fsp3) is 0.364. The maximum atomic E-state index is 11.5. The number of hydrazine groups is 1. The lowest BCUT2D eigenvalue weighted by Crippen LogP contribution is -2.24. The van der Waals surface area contributed by atoms with E-state index >= 15 is 0 Å². The molecule has 7 heteroatoms. The summed E-state index contributed by atoms with van der Waals surface area (Å²) in [7, 11) is 2.24. The Bertz CT molecular complexity index is 1150. The van der Waals surface area contributed by atoms with Gasteiger partial charge >= 0.3 is 0 Å². The summed E-state index contributed by atoms with van der Waals surface area (Å²) in [6, 6.07) is 9.85. The molecule has 29 heavy (non-hydrogen) atoms. The van der Waals surface area contributed by atoms with Gasteiger partial charge in [-0.1, -0.05) is 6.07 Å². The molecule has 1 atom stereocenters. The monoisotopic (exact) mass is 388 g/mol. The predicted molar refractivity (Wildman–Crippen MR) is 112 cm³/mol. The number of carbonyl (C=O) groups excluding carboxylic acids is 1. The van der Waals surface area contributed by atoms with Crippen LogP contribution in [-0.2, 0) is 6.54 Å². The van der Waals surface area contributed by atoms with Crippen molar-refractivity contribution in [3.05, 3.63) is 53.9 Å². The van der Waals surface area contributed by atoms with Gasteiger partial charge in [0.25, 0.3) is 0 Å². The van der Waals surface area contributed by atoms with Crippen molar-refractivity contribution in [2.24, 2.45) is 11.1 Å². The standard InChI is InChI=1S/C22H24N6O/c1-26-13-22(5-6-22)10-20(26)27-7-4-15-11-24-19(9-18(15)27)28-12-16-3-2-14(21(23)29)8-17(16)25-28/h2-4,7-9,11,20,25H,5-6,10,12-13H2,1H3,(H2,23,29)/t20-/m1/s1. The zero-order valence-electron chi connectivity index (χ0n) is 16.4. The quantitative estimate of drug-likeness (QED) is 0.721. The number of benzene rings is 1. The molecule has 2 aromatic heterocycles. The number of nitrogens with zero attached hydrogens (tertiary/aromatic N) is 4. The van der Waals surface area contributed by atoms with Crippen molar-refractivity contribution < 1.29 is 4.79 Å². The molecule has 3 aliphatic rings. The molecule has 1 aromatic carbocycles. The van der Waals surface area contributed by atoms with Crippen LogP contribution < -0.4 is 16.2 Å². The number of hydrogen-bond donors (Lipinski definition) is 2. The number of aromatic nitrogens is 2. The molecule has 1 saturated carbocycles. The zero-order valence-corrected chi connectivity index (χ0v) is 16.4. The molecule has 0 radical (unpaired) electrons. The van der Waals surface area contributed by atoms with E-state index in [1.807, 2.05) is 23.3 Å². The van der Waals surface area contributed by atoms with Gasteiger partial charge in [0.1, 0.15) is 5.82 Å². The Morgan fingerprint density at radius 2 is 2.14 bits per heavy atom. The van der Waals surface area contributed by atoms with Crippen LogP contribution in [-0.4, -0.2) is 34.0 Å². The summed E-state index contributed by atoms with van der Waals surface area (Å²) in [4.78, 5) is 18.6. The van der Waals surface area contributed by atoms with Crippen LogP contribution in [0.2, 0.25) is 0 Å². The summed E-state index contributed by atoms with van der Waals surface area (Å²) >= 11 is 0. The first-order valence-electron chi connectivity index (χ1n) is 10.2. The number of anilines is 2. The van der Waals surface area contributed by atoms with Crippen molar-refractivity contribution in [2.75, 3.05) is 24.0 Å². The molecule has 3 aromatic rings. The average Bonchev–Trinajstić information content (AvgIpc) is 3.06. The number of likely N-dealkylation sites (tertiary alicyclic amines) is 1. The van der Waals surface area contributed by atoms with Crippen LogP contribution in [0, 0.1) is 5.41 Å². The Labute approximate surface area is 169 Å². The molecule has 1 amide bonds. The summed E-state index contributed by atoms with van der Waals surface area (Å²) < 4.78 is 2.40. The van der Waals surface area contributed by atoms with Crippen LogP contribution in [0.25, 0.3) is 10.9 Å². The number of carbonyl (C=O) groups is 1. The summed E-state index contributed by atoms with van der Waals surface area (Å²) in [6.45, 7) is 1.89. The third kappa shape index (κ3) is 2.61. The van der Waals surface area contributed by atoms with Gasteiger partial charge in [0.15, 0.2) is 0 Å². The Morgan fingerprint density at radius 3 is 2.90 bits per heavy atom. The fourth-order valence-electron chi connectivity index (χ4n) is 5.00. The number of nitrogens with two attached hydrogens (primary N) is 1. The first-order valence-corrected chi connectivity index (χ1v) is 10.2. The van der Waals surface area contributed by atoms with Crippen molar-refractivity contribution in [1.82, 2.24) is 14.5 Å². The molecule has 7 nitrogen and oxygen atoms in total. The van der Waals surface area contributed by atoms with Gasteiger partial charge in [-0.2, -0.15) is 0 Å². The van der Waals surface area contributed by atoms with Crippen molar-refractivity contribution in [2.45, 2.75) is 32.0 Å². The second-order valence-corrected chi connectivity index (χ2v) is 8.86. The Kier molecular flexibility index (Phi) is 3.33. The minimum atomic E-state index is -0.417. The number of pyridine rings is 1. The van der Waals surface area contributed by atoms with Crippen LogP contribution >= 0.6 is 0 Å². The summed E-state index contributed by atoms with van der Waals surface area (Å²) in [6.07, 6.45) is 8.51. The van der Waals surface area contributed by atoms with Gasteiger partial charge in [-0.25, -0.2) is 4.98 Å². The van der Waals surface area contributed by atoms with E-state index in [4.69, 9.17) is 5.73 Å². The van der Waals surface area contributed by atoms with Gasteiger partial charge in [0, 0.05) is 36.0 Å². The number of hydrogen-bond acceptors (Lipinski definition) is 5. The third-order valence-corrected chi connectivity index (χ3v) is 6.83. The number of fused-ring (bicyclic) bond motifs is 2. The van der Waals surface area contributed by atoms with E-state index in [1.165, 1.54) is 31.3 Å². The van der Waals surface area contributed by atoms with Crippen LogP contribution in [0.15, 0.2) is 42.7 Å². The lowest BCUT2D eigenvalue weighted by molar-refractivity contribution is 0.100. The second-order valence-electron chi connectivity index (χ2n) is 8.86. The van der Waals surface area contributed by atoms with E-state index in [0.717, 1.165) is 22.5 Å². The van der Waals surface area contributed by atoms with Crippen LogP contribution in [0.4, 0.5) is 11.5 Å². The molecular formula is C22H24N6O. The SMILES string of the molecule is CN1CC2(CC2)C[C@H]1n1ccc2cnc(N3Cc4ccc(C(N)=O)cc4N3)cc21. The molecule has 6 rings (SSSR count). The van der Waals surface area contributed by atoms with Gasteiger partial charge in [0.2, 0.25) is 5.91 Å². The van der Waals surface area contributed by atoms with E-state index in [0.29, 0.717) is 23.7 Å². The zero-order chi connectivity index (χ0) is 19.8. The van der Waals surface area contributed by atoms with Gasteiger partial charge in [-0.3, -0.25) is 20.1 Å². The number of rotatable bonds is 3. The lowest BCUT2D eigenvalue weighted by Gasteiger charge is -2.23. The van der Waals surface area contributed by atoms with Gasteiger partial charge in [0.05, 0.1) is 23.9 Å². The first kappa shape index (κ1) is 16.9. The van der Waals surface area contributed by atoms with E-state index in [1.54, 1.807) is 6.07 Å². The number of primary amides is 1. The third-order valence-electron chi connectivity index (χ3n) is 6.83. The Balaban J connectivity index is 1.33. The van der Waals surface area contributed by atoms with Crippen molar-refractivity contribution >= 4 is 28.3 Å². The number of nitrogens with one attached hydrogen (secondary N) is 1. The maximum absolute atomic E-state index is 11.5. The lowest BCUT2D eigenvalue weighted by atomic mass is 10.1. The van der Waals surface area contributed by atoms with Gasteiger partial charge in [-0.15, -0.1) is 0 Å². The van der Waals surface area contributed by atoms with Crippen LogP contribution in [0.3, 0.4) is 0 Å². The molecule has 1 aliphatic carbocycles. The fourth-order valence-corrected chi connectivity index (χ4v) is 5.00. The van der Waals surface area contributed by atoms with E-state index in [9.17, 15) is 4.79 Å². The molecule has 3 N–H and O–H groups in total. The highest BCUT2D eigenvalue weighted by molar-refractivity contribution is 5.94. The van der Waals surface area contributed by atoms with Crippen molar-refractivity contribution in [3.8, 4) is 0 Å². The van der Waals surface area contributed by atoms with Crippen molar-refractivity contribution in [3.63, 3.8) is 0 Å². The minimum absolute atomic E-state index is 0.409. The molecule has 0 unspecified atom stereocenters. The molecule has 2 aliphatic heterocycles. The normalized spacial score (nSPS) is 22.2. The summed E-state index contributed by atoms with van der Waals surface area (Å²) in [5, 5.41) is 3.18. The highest BCUT2D eigenvalue weighted by Gasteiger charge is 2.51. The van der Waals surface area contributed by atoms with E-state index < -0.39 is 5.91 Å². The predicted octanol–water partition coefficient (Wildman–Crippen LogP) is 3.10. The molecule has 1 saturated heterocycles. The van der Waals surface area contributed by atoms with Gasteiger partial charge in [-0.05, 0) is 55.5 Å². The van der Waals surface area contributed by atoms with E-state index in [2.05, 4.69) is 45.3 Å². The molecule has 148 valence electrons. The molecule has 1 spiro atoms. The average molecular weight is 388 g/mol. The molecule has 2 fully saturated rings. The maximum Gasteiger partial charge on any atom is 0.248 e. The number of amides is 1. The molecule has 0 bridgehead atoms. The van der Waals surface area contributed by atoms with E-state index in [-0.39, 0.29) is 0 Å². The highest BCUT2D eigenvalue weighted by atomic mass is 16.1. The summed E-state index contributed by atoms with van der Waals surface area (Å²) in [5.74, 6) is 0.454. The van der Waals surface area contributed by atoms with Crippen LogP contribution in [0.5, 0.6) is 0 Å². The second kappa shape index (κ2) is 5.73. The Morgan fingerprint density at radius 1 is 1.28 bits per heavy atom. The largest absolute Gasteiger partial charge is 0.366 e.